The summed E-state index contributed by atoms with van der Waals surface area (Å²) in [6.07, 6.45) is 3.65. The van der Waals surface area contributed by atoms with Crippen LogP contribution in [0, 0.1) is 6.07 Å². The van der Waals surface area contributed by atoms with Crippen LogP contribution in [0.4, 0.5) is 34.4 Å². The van der Waals surface area contributed by atoms with Crippen LogP contribution >= 0.6 is 37.7 Å². The quantitative estimate of drug-likeness (QED) is 0.0922. The molecule has 4 heterocycles. The Balaban J connectivity index is 0.000000211. The normalized spacial score (nSPS) is 11.8. The Morgan fingerprint density at radius 3 is 1.16 bits per heavy atom. The Hall–Kier alpha value is -5.67. The third kappa shape index (κ3) is 21.5. The van der Waals surface area contributed by atoms with Gasteiger partial charge in [0.15, 0.2) is 0 Å². The number of aromatic hydroxyl groups is 2. The first-order valence-corrected chi connectivity index (χ1v) is 63.1. The molecule has 0 atom stereocenters. The van der Waals surface area contributed by atoms with E-state index in [4.69, 9.17) is 57.6 Å². The minimum Gasteiger partial charge on any atom is 0 e. The van der Waals surface area contributed by atoms with Gasteiger partial charge in [-0.3, -0.25) is 9.88 Å². The standard InChI is InChI=1S/C46H43N3O.C46H42N3O.4ClH.2K.2Pt/c2*1-45(2,3)35-25-33(26-36(30-35)46(4,5)6)34-28-40(48-41(29-34)39-20-9-10-22-43(39)50)32-17-13-18-37(27-32)49(44-23-11-12-24-47-44)42-21-14-16-31-15-7-8-19-38(31)42;;;;;;;;/h7-30,50H,1-6H3;7-26,28-30,50H,1-6H3;4*1H;;;;/q;-1;;;;;;;;+4/p-4. The molecule has 0 saturated carbocycles. The van der Waals surface area contributed by atoms with Crippen LogP contribution in [0.3, 0.4) is 0 Å². The third-order valence-electron chi connectivity index (χ3n) is 18.5. The van der Waals surface area contributed by atoms with Crippen molar-refractivity contribution in [2.24, 2.45) is 0 Å². The maximum atomic E-state index is 11.0. The van der Waals surface area contributed by atoms with E-state index in [1.165, 1.54) is 85.4 Å². The minimum absolute atomic E-state index is 0. The predicted molar refractivity (Wildman–Crippen MR) is 453 cm³/mol. The van der Waals surface area contributed by atoms with Crippen molar-refractivity contribution in [3.8, 4) is 78.8 Å². The van der Waals surface area contributed by atoms with Gasteiger partial charge in [-0.1, -0.05) is 247 Å². The van der Waals surface area contributed by atoms with E-state index in [2.05, 4.69) is 281 Å². The molecule has 0 amide bonds. The van der Waals surface area contributed by atoms with Gasteiger partial charge in [0.05, 0.1) is 28.5 Å². The largest absolute Gasteiger partial charge is 0 e. The second-order valence-electron chi connectivity index (χ2n) is 30.2. The van der Waals surface area contributed by atoms with Crippen LogP contribution in [0.5, 0.6) is 11.5 Å². The van der Waals surface area contributed by atoms with Crippen molar-refractivity contribution in [2.45, 2.75) is 105 Å². The predicted octanol–water partition coefficient (Wildman–Crippen LogP) is 26.6. The fraction of sp³-hybridized carbons (Fsp3) is 0.174. The summed E-state index contributed by atoms with van der Waals surface area (Å²) in [6.45, 7) is 27.1. The third-order valence-corrected chi connectivity index (χ3v) is 18.5. The topological polar surface area (TPSA) is 98.5 Å². The van der Waals surface area contributed by atoms with E-state index >= 15 is 0 Å². The van der Waals surface area contributed by atoms with E-state index in [0.717, 1.165) is 106 Å². The summed E-state index contributed by atoms with van der Waals surface area (Å²) in [5.41, 5.74) is 19.4. The Bertz CT molecular complexity index is 5040. The van der Waals surface area contributed by atoms with Crippen LogP contribution < -0.4 is 9.80 Å². The Labute approximate surface area is 716 Å². The molecule has 0 saturated heterocycles. The number of fused-ring (bicyclic) bond motifs is 2. The number of halogens is 4. The van der Waals surface area contributed by atoms with Gasteiger partial charge in [0.2, 0.25) is 0 Å². The number of benzene rings is 10. The molecule has 16 heteroatoms. The van der Waals surface area contributed by atoms with E-state index in [1.807, 2.05) is 91.3 Å². The smallest absolute Gasteiger partial charge is 0 e. The first kappa shape index (κ1) is 84.8. The van der Waals surface area contributed by atoms with Gasteiger partial charge in [-0.2, -0.15) is 0 Å². The monoisotopic (exact) mass is 1910 g/mol. The summed E-state index contributed by atoms with van der Waals surface area (Å²) >= 11 is -0.556. The number of hydrogen-bond donors (Lipinski definition) is 2. The molecule has 4 aromatic heterocycles. The molecular weight excluding hydrogens is 1830 g/mol. The molecule has 0 radical (unpaired) electrons. The second-order valence-corrected chi connectivity index (χ2v) is 49.9. The Kier molecular flexibility index (Phi) is 28.9. The number of phenols is 2. The zero-order valence-corrected chi connectivity index (χ0v) is 77.2. The summed E-state index contributed by atoms with van der Waals surface area (Å²) in [6, 6.07) is 97.2. The van der Waals surface area contributed by atoms with Gasteiger partial charge in [-0.15, -0.1) is 29.8 Å². The molecule has 8 nitrogen and oxygen atoms in total. The number of rotatable bonds is 12. The van der Waals surface area contributed by atoms with Crippen LogP contribution in [-0.4, -0.2) is 93.3 Å². The minimum atomic E-state index is -3.06. The van der Waals surface area contributed by atoms with Crippen molar-refractivity contribution < 1.29 is 43.2 Å². The molecule has 14 aromatic rings. The molecule has 0 aliphatic rings. The molecule has 14 rings (SSSR count). The van der Waals surface area contributed by atoms with Crippen LogP contribution in [0.1, 0.15) is 105 Å². The first-order valence-electron chi connectivity index (χ1n) is 35.8. The van der Waals surface area contributed by atoms with Gasteiger partial charge < -0.3 is 15.1 Å². The van der Waals surface area contributed by atoms with Crippen LogP contribution in [0.15, 0.2) is 285 Å². The molecule has 2 N–H and O–H groups in total. The fourth-order valence-corrected chi connectivity index (χ4v) is 12.7. The van der Waals surface area contributed by atoms with Gasteiger partial charge >= 0.3 is 113 Å². The van der Waals surface area contributed by atoms with E-state index < -0.39 is 11.9 Å². The fourth-order valence-electron chi connectivity index (χ4n) is 12.7. The van der Waals surface area contributed by atoms with Crippen LogP contribution in [-0.2, 0) is 54.6 Å². The number of aromatic nitrogens is 4. The van der Waals surface area contributed by atoms with Gasteiger partial charge in [0.25, 0.3) is 0 Å². The number of anilines is 6. The summed E-state index contributed by atoms with van der Waals surface area (Å²) in [7, 11) is 20.0. The molecule has 0 bridgehead atoms. The second kappa shape index (κ2) is 36.9. The summed E-state index contributed by atoms with van der Waals surface area (Å²) in [5.74, 6) is 2.01. The van der Waals surface area contributed by atoms with Gasteiger partial charge in [0, 0.05) is 66.6 Å². The van der Waals surface area contributed by atoms with E-state index in [1.54, 1.807) is 12.1 Å². The zero-order chi connectivity index (χ0) is 76.6. The van der Waals surface area contributed by atoms with Crippen molar-refractivity contribution in [3.05, 3.63) is 314 Å². The number of pyridine rings is 4. The molecule has 0 spiro atoms. The summed E-state index contributed by atoms with van der Waals surface area (Å²) < 4.78 is 0. The molecule has 10 aromatic carbocycles. The van der Waals surface area contributed by atoms with Crippen molar-refractivity contribution in [2.75, 3.05) is 9.80 Å². The zero-order valence-electron chi connectivity index (χ0n) is 63.4. The van der Waals surface area contributed by atoms with E-state index in [9.17, 15) is 10.2 Å². The number of hydrogen-bond acceptors (Lipinski definition) is 8. The van der Waals surface area contributed by atoms with Gasteiger partial charge in [-0.25, -0.2) is 15.0 Å². The molecule has 0 aliphatic heterocycles. The number of para-hydroxylation sites is 2. The van der Waals surface area contributed by atoms with Crippen molar-refractivity contribution in [1.29, 1.82) is 0 Å². The first-order chi connectivity index (χ1) is 50.9. The molecular formula is C92H85Cl4K2N6O2Pt2-. The maximum absolute atomic E-state index is 11.0. The molecule has 0 unspecified atom stereocenters. The molecule has 0 aliphatic carbocycles. The van der Waals surface area contributed by atoms with Gasteiger partial charge in [0.1, 0.15) is 23.1 Å². The number of phenolic OH excluding ortho intramolecular Hbond substituents is 2. The van der Waals surface area contributed by atoms with Gasteiger partial charge in [-0.05, 0) is 179 Å². The van der Waals surface area contributed by atoms with Crippen molar-refractivity contribution in [3.63, 3.8) is 0 Å². The van der Waals surface area contributed by atoms with Crippen molar-refractivity contribution >= 4 is 157 Å². The Morgan fingerprint density at radius 1 is 0.352 bits per heavy atom. The van der Waals surface area contributed by atoms with E-state index in [-0.39, 0.29) is 54.2 Å². The van der Waals surface area contributed by atoms with E-state index in [0.29, 0.717) is 16.8 Å². The van der Waals surface area contributed by atoms with Crippen LogP contribution in [0.2, 0.25) is 0 Å². The maximum Gasteiger partial charge on any atom is 0 e. The molecule has 0 fully saturated rings. The molecule has 108 heavy (non-hydrogen) atoms. The van der Waals surface area contributed by atoms with Crippen LogP contribution in [0.25, 0.3) is 88.8 Å². The van der Waals surface area contributed by atoms with Crippen molar-refractivity contribution in [1.82, 2.24) is 19.9 Å². The molecule has 546 valence electrons. The SMILES string of the molecule is CC(C)(C)c1cc(-c2cc(-c3[c-]c(N(c4ccccn4)c4cccc5ccccc45)ccc3)nc(-c3ccccc3O)c2)cc(C(C)(C)C)c1.CC(C)(C)c1cc(-c2cc(-c3cccc(N(c4ccccn4)c4cccc5ccccc45)c3)nc(-c3ccccc3O)c2)cc(C(C)(C)C)c1.[Cl][Pt]([Cl])([Cl])[Cl].[K][K].[Pt]. The summed E-state index contributed by atoms with van der Waals surface area (Å²) in [5, 5.41) is 26.5. The summed E-state index contributed by atoms with van der Waals surface area (Å²) in [4.78, 5) is 24.3. The average molecular weight is 1920 g/mol. The Morgan fingerprint density at radius 2 is 0.713 bits per heavy atom. The number of nitrogens with zero attached hydrogens (tertiary/aromatic N) is 6. The average Bonchev–Trinajstić information content (AvgIpc) is 0.781.